The van der Waals surface area contributed by atoms with E-state index in [0.29, 0.717) is 5.56 Å². The zero-order chi connectivity index (χ0) is 19.6. The standard InChI is InChI=1S/C20H15NO5S/c1-11-15(20(25)26)19(21-18(24)12-6-3-2-4-7-12)27-17(11)16(23)13-8-5-9-14(22)10-13/h2-10,22H,1H3,(H,21,24)(H,25,26). The Bertz CT molecular complexity index is 1040. The Kier molecular flexibility index (Phi) is 5.05. The van der Waals surface area contributed by atoms with Crippen LogP contribution in [-0.4, -0.2) is 27.9 Å². The highest BCUT2D eigenvalue weighted by molar-refractivity contribution is 7.19. The van der Waals surface area contributed by atoms with Gasteiger partial charge < -0.3 is 15.5 Å². The van der Waals surface area contributed by atoms with Crippen LogP contribution in [-0.2, 0) is 0 Å². The van der Waals surface area contributed by atoms with Crippen LogP contribution >= 0.6 is 11.3 Å². The van der Waals surface area contributed by atoms with E-state index < -0.39 is 17.7 Å². The molecule has 27 heavy (non-hydrogen) atoms. The number of carbonyl (C=O) groups excluding carboxylic acids is 2. The largest absolute Gasteiger partial charge is 0.508 e. The molecule has 0 saturated heterocycles. The lowest BCUT2D eigenvalue weighted by atomic mass is 10.0. The van der Waals surface area contributed by atoms with E-state index in [4.69, 9.17) is 0 Å². The van der Waals surface area contributed by atoms with Crippen LogP contribution in [0.25, 0.3) is 0 Å². The number of carbonyl (C=O) groups is 3. The van der Waals surface area contributed by atoms with Gasteiger partial charge in [-0.2, -0.15) is 0 Å². The van der Waals surface area contributed by atoms with Crippen LogP contribution in [0.15, 0.2) is 54.6 Å². The van der Waals surface area contributed by atoms with E-state index in [2.05, 4.69) is 5.32 Å². The molecule has 0 aliphatic heterocycles. The van der Waals surface area contributed by atoms with Gasteiger partial charge in [0.2, 0.25) is 5.78 Å². The van der Waals surface area contributed by atoms with Crippen molar-refractivity contribution in [2.75, 3.05) is 5.32 Å². The van der Waals surface area contributed by atoms with Gasteiger partial charge in [0.1, 0.15) is 10.8 Å². The summed E-state index contributed by atoms with van der Waals surface area (Å²) in [5.74, 6) is -2.18. The van der Waals surface area contributed by atoms with Gasteiger partial charge >= 0.3 is 5.97 Å². The summed E-state index contributed by atoms with van der Waals surface area (Å²) in [7, 11) is 0. The van der Waals surface area contributed by atoms with Crippen LogP contribution in [0.3, 0.4) is 0 Å². The molecular weight excluding hydrogens is 366 g/mol. The first-order chi connectivity index (χ1) is 12.9. The summed E-state index contributed by atoms with van der Waals surface area (Å²) in [6, 6.07) is 14.2. The first kappa shape index (κ1) is 18.3. The predicted octanol–water partition coefficient (Wildman–Crippen LogP) is 3.94. The number of hydrogen-bond donors (Lipinski definition) is 3. The lowest BCUT2D eigenvalue weighted by molar-refractivity contribution is 0.0697. The molecule has 0 spiro atoms. The molecule has 0 bridgehead atoms. The van der Waals surface area contributed by atoms with Crippen molar-refractivity contribution >= 4 is 34.0 Å². The smallest absolute Gasteiger partial charge is 0.339 e. The first-order valence-electron chi connectivity index (χ1n) is 7.95. The van der Waals surface area contributed by atoms with E-state index >= 15 is 0 Å². The zero-order valence-corrected chi connectivity index (χ0v) is 15.0. The second kappa shape index (κ2) is 7.43. The Hall–Kier alpha value is -3.45. The van der Waals surface area contributed by atoms with E-state index in [9.17, 15) is 24.6 Å². The van der Waals surface area contributed by atoms with Crippen molar-refractivity contribution in [3.63, 3.8) is 0 Å². The minimum atomic E-state index is -1.23. The van der Waals surface area contributed by atoms with Gasteiger partial charge in [-0.05, 0) is 36.8 Å². The fourth-order valence-corrected chi connectivity index (χ4v) is 3.77. The number of anilines is 1. The molecule has 7 heteroatoms. The quantitative estimate of drug-likeness (QED) is 0.581. The third kappa shape index (κ3) is 3.73. The molecule has 1 aromatic heterocycles. The number of carboxylic acid groups (broad SMARTS) is 1. The molecule has 0 fully saturated rings. The van der Waals surface area contributed by atoms with Crippen molar-refractivity contribution in [1.82, 2.24) is 0 Å². The summed E-state index contributed by atoms with van der Waals surface area (Å²) in [5, 5.41) is 21.8. The van der Waals surface area contributed by atoms with Crippen molar-refractivity contribution in [3.05, 3.63) is 81.7 Å². The molecule has 3 N–H and O–H groups in total. The third-order valence-electron chi connectivity index (χ3n) is 3.94. The van der Waals surface area contributed by atoms with E-state index in [1.165, 1.54) is 31.2 Å². The predicted molar refractivity (Wildman–Crippen MR) is 102 cm³/mol. The highest BCUT2D eigenvalue weighted by Gasteiger charge is 2.26. The van der Waals surface area contributed by atoms with Crippen LogP contribution in [0.5, 0.6) is 5.75 Å². The normalized spacial score (nSPS) is 10.4. The van der Waals surface area contributed by atoms with Crippen LogP contribution in [0, 0.1) is 6.92 Å². The number of carboxylic acids is 1. The van der Waals surface area contributed by atoms with Gasteiger partial charge in [0.15, 0.2) is 0 Å². The molecule has 6 nitrogen and oxygen atoms in total. The maximum absolute atomic E-state index is 12.8. The minimum absolute atomic E-state index is 0.0638. The Morgan fingerprint density at radius 1 is 0.963 bits per heavy atom. The number of rotatable bonds is 5. The lowest BCUT2D eigenvalue weighted by Gasteiger charge is -2.04. The summed E-state index contributed by atoms with van der Waals surface area (Å²) >= 11 is 0.902. The molecule has 1 amide bonds. The fourth-order valence-electron chi connectivity index (χ4n) is 2.62. The molecular formula is C20H15NO5S. The number of aromatic carboxylic acids is 1. The van der Waals surface area contributed by atoms with Crippen molar-refractivity contribution in [2.24, 2.45) is 0 Å². The van der Waals surface area contributed by atoms with Crippen molar-refractivity contribution < 1.29 is 24.6 Å². The summed E-state index contributed by atoms with van der Waals surface area (Å²) in [4.78, 5) is 37.0. The zero-order valence-electron chi connectivity index (χ0n) is 14.2. The van der Waals surface area contributed by atoms with Crippen LogP contribution in [0.1, 0.15) is 41.5 Å². The molecule has 3 aromatic rings. The average molecular weight is 381 g/mol. The SMILES string of the molecule is Cc1c(C(=O)c2cccc(O)c2)sc(NC(=O)c2ccccc2)c1C(=O)O. The van der Waals surface area contributed by atoms with Gasteiger partial charge in [-0.15, -0.1) is 11.3 Å². The number of thiophene rings is 1. The number of ketones is 1. The molecule has 0 saturated carbocycles. The van der Waals surface area contributed by atoms with Gasteiger partial charge in [-0.25, -0.2) is 4.79 Å². The Morgan fingerprint density at radius 2 is 1.63 bits per heavy atom. The fraction of sp³-hybridized carbons (Fsp3) is 0.0500. The number of benzene rings is 2. The lowest BCUT2D eigenvalue weighted by Crippen LogP contribution is -2.13. The summed E-state index contributed by atoms with van der Waals surface area (Å²) < 4.78 is 0. The number of phenols is 1. The number of hydrogen-bond acceptors (Lipinski definition) is 5. The van der Waals surface area contributed by atoms with Gasteiger partial charge in [0.25, 0.3) is 5.91 Å². The molecule has 3 rings (SSSR count). The molecule has 0 aliphatic carbocycles. The summed E-state index contributed by atoms with van der Waals surface area (Å²) in [6.07, 6.45) is 0. The molecule has 0 unspecified atom stereocenters. The molecule has 0 aliphatic rings. The molecule has 1 heterocycles. The number of amides is 1. The van der Waals surface area contributed by atoms with Gasteiger partial charge in [0.05, 0.1) is 10.4 Å². The molecule has 136 valence electrons. The number of phenolic OH excluding ortho intramolecular Hbond substituents is 1. The van der Waals surface area contributed by atoms with Crippen molar-refractivity contribution in [2.45, 2.75) is 6.92 Å². The van der Waals surface area contributed by atoms with E-state index in [-0.39, 0.29) is 32.3 Å². The Balaban J connectivity index is 2.00. The van der Waals surface area contributed by atoms with Gasteiger partial charge in [-0.1, -0.05) is 30.3 Å². The van der Waals surface area contributed by atoms with E-state index in [0.717, 1.165) is 11.3 Å². The third-order valence-corrected chi connectivity index (χ3v) is 5.14. The van der Waals surface area contributed by atoms with Crippen molar-refractivity contribution in [1.29, 1.82) is 0 Å². The second-order valence-corrected chi connectivity index (χ2v) is 6.79. The monoisotopic (exact) mass is 381 g/mol. The molecule has 2 aromatic carbocycles. The second-order valence-electron chi connectivity index (χ2n) is 5.77. The number of nitrogens with one attached hydrogen (secondary N) is 1. The summed E-state index contributed by atoms with van der Waals surface area (Å²) in [6.45, 7) is 1.52. The average Bonchev–Trinajstić information content (AvgIpc) is 2.97. The van der Waals surface area contributed by atoms with Gasteiger partial charge in [0, 0.05) is 11.1 Å². The summed E-state index contributed by atoms with van der Waals surface area (Å²) in [5.41, 5.74) is 0.759. The van der Waals surface area contributed by atoms with Gasteiger partial charge in [-0.3, -0.25) is 9.59 Å². The highest BCUT2D eigenvalue weighted by Crippen LogP contribution is 2.35. The Morgan fingerprint density at radius 3 is 2.26 bits per heavy atom. The van der Waals surface area contributed by atoms with E-state index in [1.54, 1.807) is 30.3 Å². The van der Waals surface area contributed by atoms with Crippen LogP contribution in [0.2, 0.25) is 0 Å². The van der Waals surface area contributed by atoms with Crippen LogP contribution in [0.4, 0.5) is 5.00 Å². The van der Waals surface area contributed by atoms with Crippen molar-refractivity contribution in [3.8, 4) is 5.75 Å². The topological polar surface area (TPSA) is 104 Å². The van der Waals surface area contributed by atoms with Crippen LogP contribution < -0.4 is 5.32 Å². The first-order valence-corrected chi connectivity index (χ1v) is 8.77. The highest BCUT2D eigenvalue weighted by atomic mass is 32.1. The maximum atomic E-state index is 12.8. The van der Waals surface area contributed by atoms with E-state index in [1.807, 2.05) is 0 Å². The molecule has 0 radical (unpaired) electrons. The minimum Gasteiger partial charge on any atom is -0.508 e. The number of aromatic hydroxyl groups is 1. The maximum Gasteiger partial charge on any atom is 0.339 e. The Labute approximate surface area is 158 Å². The molecule has 0 atom stereocenters.